The summed E-state index contributed by atoms with van der Waals surface area (Å²) in [5, 5.41) is 0.658. The van der Waals surface area contributed by atoms with Crippen molar-refractivity contribution in [3.05, 3.63) is 208 Å². The summed E-state index contributed by atoms with van der Waals surface area (Å²) in [5.74, 6) is -1.10. The number of aromatic nitrogens is 3. The Kier molecular flexibility index (Phi) is 7.86. The SMILES string of the molecule is [2H]c1cc2c(oc3c(-c4ccc(C([2H])([2H])C([2H])([2H])c5cc(C([2H])([2H])C([2H])([2H])c6cnc(-c7[c-]cccc7)cc6C([2H])([2H])[2H])cc(C([2H])([2H])C([2H])([2H])c6cnc(-c7[c-]cccc7)cc6C([2H])([2H])C(C)(C)C)c5)cn4)[c-]ccc32)c([2H])c1F.[Ir+3]. The van der Waals surface area contributed by atoms with E-state index in [2.05, 4.69) is 33.2 Å². The molecule has 9 aromatic rings. The van der Waals surface area contributed by atoms with Crippen LogP contribution < -0.4 is 0 Å². The molecule has 0 aliphatic heterocycles. The molecule has 0 spiro atoms. The Morgan fingerprint density at radius 3 is 1.90 bits per heavy atom. The van der Waals surface area contributed by atoms with Crippen LogP contribution in [0, 0.1) is 36.3 Å². The number of halogens is 1. The van der Waals surface area contributed by atoms with E-state index in [-0.39, 0.29) is 64.9 Å². The normalized spacial score (nSPS) is 17.8. The van der Waals surface area contributed by atoms with Gasteiger partial charge in [-0.15, -0.1) is 90.0 Å². The molecule has 4 nitrogen and oxygen atoms in total. The van der Waals surface area contributed by atoms with Crippen LogP contribution in [0.3, 0.4) is 0 Å². The first kappa shape index (κ1) is 25.9. The van der Waals surface area contributed by atoms with Crippen molar-refractivity contribution in [2.75, 3.05) is 0 Å². The largest absolute Gasteiger partial charge is 3.00 e. The predicted octanol–water partition coefficient (Wildman–Crippen LogP) is 13.6. The number of rotatable bonds is 13. The van der Waals surface area contributed by atoms with Crippen molar-refractivity contribution in [1.82, 2.24) is 15.0 Å². The van der Waals surface area contributed by atoms with Crippen LogP contribution in [0.1, 0.15) is 91.3 Å². The van der Waals surface area contributed by atoms with Gasteiger partial charge in [0.05, 0.1) is 8.32 Å². The first-order chi connectivity index (χ1) is 37.5. The summed E-state index contributed by atoms with van der Waals surface area (Å²) < 4.78 is 196. The average molecular weight is 1020 g/mol. The summed E-state index contributed by atoms with van der Waals surface area (Å²) in [4.78, 5) is 13.1. The number of nitrogens with zero attached hydrogens (tertiary/aromatic N) is 3. The van der Waals surface area contributed by atoms with Gasteiger partial charge in [-0.25, -0.2) is 4.39 Å². The maximum atomic E-state index is 14.6. The Hall–Kier alpha value is -6.07. The van der Waals surface area contributed by atoms with Crippen molar-refractivity contribution in [3.8, 4) is 33.8 Å². The zero-order valence-corrected chi connectivity index (χ0v) is 36.5. The first-order valence-corrected chi connectivity index (χ1v) is 19.6. The summed E-state index contributed by atoms with van der Waals surface area (Å²) in [5.41, 5.74) is -5.31. The summed E-state index contributed by atoms with van der Waals surface area (Å²) >= 11 is 0. The van der Waals surface area contributed by atoms with Crippen LogP contribution in [0.5, 0.6) is 0 Å². The van der Waals surface area contributed by atoms with Gasteiger partial charge >= 0.3 is 20.1 Å². The summed E-state index contributed by atoms with van der Waals surface area (Å²) in [6.07, 6.45) is -19.9. The molecule has 0 fully saturated rings. The Morgan fingerprint density at radius 2 is 1.27 bits per heavy atom. The number of hydrogen-bond acceptors (Lipinski definition) is 4. The Balaban J connectivity index is 0.00000880. The molecule has 5 aromatic carbocycles. The van der Waals surface area contributed by atoms with Gasteiger partial charge in [0.15, 0.2) is 0 Å². The molecule has 0 N–H and O–H groups in total. The van der Waals surface area contributed by atoms with Crippen molar-refractivity contribution in [2.45, 2.75) is 72.2 Å². The molecule has 6 heteroatoms. The van der Waals surface area contributed by atoms with Gasteiger partial charge in [-0.05, 0) is 125 Å². The van der Waals surface area contributed by atoms with E-state index in [0.29, 0.717) is 16.5 Å². The van der Waals surface area contributed by atoms with Crippen molar-refractivity contribution >= 4 is 21.9 Å². The molecule has 0 atom stereocenters. The van der Waals surface area contributed by atoms with E-state index in [4.69, 9.17) is 11.3 Å². The molecule has 0 unspecified atom stereocenters. The van der Waals surface area contributed by atoms with Gasteiger partial charge in [-0.2, -0.15) is 0 Å². The standard InChI is InChI=1S/C57H49FN3O.Ir/c1-38-28-53(43-12-7-5-8-13-43)60-36-45(38)23-20-41-29-40(30-42(31-41)21-24-46-37-61-54(44-14-9-6-10-15-44)32-47(46)34-57(2,3)4)19-18-39-22-27-52(59-35-39)51-17-11-16-50-49-26-25-48(58)33-55(49)62-56(50)51;/h5-12,14,16,22,25-33,35-37H,18-21,23-24,34H2,1-4H3;/q-3;+3/i1D3,18D2,19D2,20D2,21D2,23D2,24D2,25D,33D,34D2;. The number of furan rings is 1. The van der Waals surface area contributed by atoms with E-state index in [1.54, 1.807) is 75.4 Å². The third-order valence-corrected chi connectivity index (χ3v) is 9.53. The van der Waals surface area contributed by atoms with Gasteiger partial charge in [0.2, 0.25) is 0 Å². The van der Waals surface area contributed by atoms with E-state index in [9.17, 15) is 23.6 Å². The number of aryl methyl sites for hydroxylation is 7. The molecular formula is C57H49FIrN3O. The molecule has 9 rings (SSSR count). The molecule has 0 amide bonds. The summed E-state index contributed by atoms with van der Waals surface area (Å²) in [6, 6.07) is 32.2. The molecule has 0 radical (unpaired) electrons. The quantitative estimate of drug-likeness (QED) is 0.108. The van der Waals surface area contributed by atoms with Crippen molar-refractivity contribution in [3.63, 3.8) is 0 Å². The molecule has 0 bridgehead atoms. The minimum atomic E-state index is -3.50. The molecule has 4 aromatic heterocycles. The molecular weight excluding hydrogens is 954 g/mol. The zero-order valence-electron chi connectivity index (χ0n) is 53.1. The fourth-order valence-corrected chi connectivity index (χ4v) is 6.68. The van der Waals surface area contributed by atoms with Gasteiger partial charge in [-0.3, -0.25) is 0 Å². The fourth-order valence-electron chi connectivity index (χ4n) is 6.68. The maximum absolute atomic E-state index is 14.6. The zero-order chi connectivity index (χ0) is 59.4. The topological polar surface area (TPSA) is 51.8 Å². The van der Waals surface area contributed by atoms with Crippen LogP contribution in [0.15, 0.2) is 144 Å². The van der Waals surface area contributed by atoms with Crippen LogP contribution >= 0.6 is 0 Å². The third kappa shape index (κ3) is 10.4. The van der Waals surface area contributed by atoms with E-state index >= 15 is 0 Å². The molecule has 0 saturated carbocycles. The van der Waals surface area contributed by atoms with Gasteiger partial charge < -0.3 is 19.4 Å². The number of benzene rings is 5. The van der Waals surface area contributed by atoms with Crippen molar-refractivity contribution in [2.24, 2.45) is 5.41 Å². The molecule has 0 aliphatic carbocycles. The smallest absolute Gasteiger partial charge is 0.500 e. The van der Waals surface area contributed by atoms with Gasteiger partial charge in [0, 0.05) is 53.3 Å². The molecule has 0 aliphatic rings. The minimum Gasteiger partial charge on any atom is -0.500 e. The Bertz CT molecular complexity index is 3890. The fraction of sp³-hybridized carbons (Fsp3) is 0.211. The molecule has 314 valence electrons. The van der Waals surface area contributed by atoms with Crippen LogP contribution in [0.4, 0.5) is 4.39 Å². The maximum Gasteiger partial charge on any atom is 3.00 e. The van der Waals surface area contributed by atoms with Gasteiger partial charge in [0.1, 0.15) is 11.4 Å². The van der Waals surface area contributed by atoms with E-state index in [1.165, 1.54) is 30.3 Å². The monoisotopic (exact) mass is 1020 g/mol. The van der Waals surface area contributed by atoms with Crippen LogP contribution in [-0.2, 0) is 64.7 Å². The van der Waals surface area contributed by atoms with Crippen LogP contribution in [-0.4, -0.2) is 15.0 Å². The third-order valence-electron chi connectivity index (χ3n) is 9.53. The first-order valence-electron chi connectivity index (χ1n) is 29.1. The molecule has 4 heterocycles. The second-order valence-electron chi connectivity index (χ2n) is 15.3. The van der Waals surface area contributed by atoms with E-state index in [1.807, 2.05) is 0 Å². The molecule has 0 saturated heterocycles. The summed E-state index contributed by atoms with van der Waals surface area (Å²) in [6.45, 7) is 1.60. The average Bonchev–Trinajstić information content (AvgIpc) is 3.61. The second-order valence-corrected chi connectivity index (χ2v) is 15.3. The number of pyridine rings is 3. The van der Waals surface area contributed by atoms with Crippen molar-refractivity contribution in [1.29, 1.82) is 0 Å². The summed E-state index contributed by atoms with van der Waals surface area (Å²) in [7, 11) is 0. The Morgan fingerprint density at radius 1 is 0.635 bits per heavy atom. The number of hydrogen-bond donors (Lipinski definition) is 0. The van der Waals surface area contributed by atoms with Crippen LogP contribution in [0.25, 0.3) is 55.7 Å². The number of fused-ring (bicyclic) bond motifs is 3. The predicted molar refractivity (Wildman–Crippen MR) is 249 cm³/mol. The van der Waals surface area contributed by atoms with E-state index < -0.39 is 114 Å². The molecule has 63 heavy (non-hydrogen) atoms. The van der Waals surface area contributed by atoms with Crippen molar-refractivity contribution < 1.29 is 55.0 Å². The van der Waals surface area contributed by atoms with Gasteiger partial charge in [-0.1, -0.05) is 79.7 Å². The minimum absolute atomic E-state index is 0. The van der Waals surface area contributed by atoms with Crippen LogP contribution in [0.2, 0.25) is 0 Å². The second kappa shape index (κ2) is 19.1. The Labute approximate surface area is 410 Å². The van der Waals surface area contributed by atoms with Gasteiger partial charge in [0.25, 0.3) is 0 Å². The van der Waals surface area contributed by atoms with E-state index in [0.717, 1.165) is 42.9 Å².